The Morgan fingerprint density at radius 1 is 1.08 bits per heavy atom. The minimum absolute atomic E-state index is 0.0667. The molecule has 1 amide bonds. The molecule has 0 saturated carbocycles. The van der Waals surface area contributed by atoms with Crippen molar-refractivity contribution < 1.29 is 9.53 Å². The molecule has 0 atom stereocenters. The first kappa shape index (κ1) is 18.7. The second-order valence-corrected chi connectivity index (χ2v) is 7.20. The van der Waals surface area contributed by atoms with Crippen LogP contribution in [0.2, 0.25) is 0 Å². The van der Waals surface area contributed by atoms with Gasteiger partial charge in [-0.2, -0.15) is 5.10 Å². The van der Waals surface area contributed by atoms with Gasteiger partial charge in [0.2, 0.25) is 0 Å². The van der Waals surface area contributed by atoms with Gasteiger partial charge in [-0.3, -0.25) is 4.79 Å². The monoisotopic (exact) mass is 338 g/mol. The summed E-state index contributed by atoms with van der Waals surface area (Å²) in [6.07, 6.45) is 1.63. The van der Waals surface area contributed by atoms with Crippen molar-refractivity contribution in [1.29, 1.82) is 0 Å². The predicted octanol–water partition coefficient (Wildman–Crippen LogP) is 4.13. The van der Waals surface area contributed by atoms with Crippen molar-refractivity contribution in [2.75, 3.05) is 6.61 Å². The molecule has 1 N–H and O–H groups in total. The molecule has 0 bridgehead atoms. The molecular weight excluding hydrogens is 312 g/mol. The molecule has 0 aliphatic rings. The average Bonchev–Trinajstić information content (AvgIpc) is 2.55. The van der Waals surface area contributed by atoms with Crippen LogP contribution < -0.4 is 10.2 Å². The molecule has 4 nitrogen and oxygen atoms in total. The van der Waals surface area contributed by atoms with Gasteiger partial charge in [-0.25, -0.2) is 5.43 Å². The third kappa shape index (κ3) is 5.75. The number of carbonyl (C=O) groups is 1. The van der Waals surface area contributed by atoms with Gasteiger partial charge < -0.3 is 4.74 Å². The lowest BCUT2D eigenvalue weighted by molar-refractivity contribution is -0.123. The zero-order chi connectivity index (χ0) is 18.4. The number of nitrogens with one attached hydrogen (secondary N) is 1. The molecule has 0 spiro atoms. The third-order valence-electron chi connectivity index (χ3n) is 4.03. The van der Waals surface area contributed by atoms with Gasteiger partial charge >= 0.3 is 0 Å². The molecule has 0 aliphatic carbocycles. The fourth-order valence-electron chi connectivity index (χ4n) is 2.23. The highest BCUT2D eigenvalue weighted by Crippen LogP contribution is 2.21. The van der Waals surface area contributed by atoms with E-state index in [0.717, 1.165) is 11.1 Å². The number of hydrogen-bond acceptors (Lipinski definition) is 3. The van der Waals surface area contributed by atoms with Crippen molar-refractivity contribution >= 4 is 12.1 Å². The Balaban J connectivity index is 1.83. The van der Waals surface area contributed by atoms with Gasteiger partial charge in [0, 0.05) is 0 Å². The molecule has 0 heterocycles. The molecular formula is C21H26N2O2. The quantitative estimate of drug-likeness (QED) is 0.658. The molecule has 0 fully saturated rings. The van der Waals surface area contributed by atoms with Gasteiger partial charge in [0.15, 0.2) is 6.61 Å². The van der Waals surface area contributed by atoms with Gasteiger partial charge in [-0.05, 0) is 53.6 Å². The highest BCUT2D eigenvalue weighted by molar-refractivity contribution is 5.83. The van der Waals surface area contributed by atoms with E-state index in [4.69, 9.17) is 4.74 Å². The van der Waals surface area contributed by atoms with E-state index in [1.54, 1.807) is 6.21 Å². The van der Waals surface area contributed by atoms with E-state index in [9.17, 15) is 4.79 Å². The summed E-state index contributed by atoms with van der Waals surface area (Å²) in [6, 6.07) is 13.9. The molecule has 132 valence electrons. The van der Waals surface area contributed by atoms with E-state index in [-0.39, 0.29) is 17.9 Å². The second-order valence-electron chi connectivity index (χ2n) is 7.20. The van der Waals surface area contributed by atoms with Crippen LogP contribution in [0.4, 0.5) is 0 Å². The van der Waals surface area contributed by atoms with Crippen LogP contribution in [-0.4, -0.2) is 18.7 Å². The van der Waals surface area contributed by atoms with Crippen LogP contribution in [-0.2, 0) is 10.2 Å². The number of hydrazone groups is 1. The van der Waals surface area contributed by atoms with Crippen molar-refractivity contribution in [2.45, 2.75) is 40.0 Å². The second kappa shape index (κ2) is 7.97. The molecule has 0 unspecified atom stereocenters. The molecule has 2 aromatic carbocycles. The SMILES string of the molecule is Cc1ccc(OCC(=O)N/N=C/c2ccc(C(C)(C)C)cc2)cc1C. The highest BCUT2D eigenvalue weighted by Gasteiger charge is 2.12. The molecule has 2 rings (SSSR count). The summed E-state index contributed by atoms with van der Waals surface area (Å²) >= 11 is 0. The van der Waals surface area contributed by atoms with Crippen LogP contribution in [0.25, 0.3) is 0 Å². The third-order valence-corrected chi connectivity index (χ3v) is 4.03. The summed E-state index contributed by atoms with van der Waals surface area (Å²) in [7, 11) is 0. The van der Waals surface area contributed by atoms with Crippen molar-refractivity contribution in [3.05, 3.63) is 64.7 Å². The normalized spacial score (nSPS) is 11.6. The zero-order valence-corrected chi connectivity index (χ0v) is 15.6. The van der Waals surface area contributed by atoms with E-state index < -0.39 is 0 Å². The van der Waals surface area contributed by atoms with Crippen LogP contribution in [0, 0.1) is 13.8 Å². The van der Waals surface area contributed by atoms with Gasteiger partial charge in [0.1, 0.15) is 5.75 Å². The molecule has 0 radical (unpaired) electrons. The first-order chi connectivity index (χ1) is 11.8. The van der Waals surface area contributed by atoms with Crippen molar-refractivity contribution in [2.24, 2.45) is 5.10 Å². The first-order valence-corrected chi connectivity index (χ1v) is 8.38. The number of ether oxygens (including phenoxy) is 1. The number of rotatable bonds is 5. The predicted molar refractivity (Wildman–Crippen MR) is 102 cm³/mol. The maximum absolute atomic E-state index is 11.8. The van der Waals surface area contributed by atoms with Gasteiger partial charge in [0.05, 0.1) is 6.21 Å². The molecule has 4 heteroatoms. The standard InChI is InChI=1S/C21H26N2O2/c1-15-6-11-19(12-16(15)2)25-14-20(24)23-22-13-17-7-9-18(10-8-17)21(3,4)5/h6-13H,14H2,1-5H3,(H,23,24)/b22-13+. The number of benzene rings is 2. The van der Waals surface area contributed by atoms with Crippen molar-refractivity contribution in [3.8, 4) is 5.75 Å². The van der Waals surface area contributed by atoms with Crippen LogP contribution >= 0.6 is 0 Å². The zero-order valence-electron chi connectivity index (χ0n) is 15.6. The molecule has 25 heavy (non-hydrogen) atoms. The maximum atomic E-state index is 11.8. The largest absolute Gasteiger partial charge is 0.484 e. The molecule has 0 saturated heterocycles. The Morgan fingerprint density at radius 2 is 1.76 bits per heavy atom. The minimum atomic E-state index is -0.291. The fourth-order valence-corrected chi connectivity index (χ4v) is 2.23. The van der Waals surface area contributed by atoms with Gasteiger partial charge in [0.25, 0.3) is 5.91 Å². The van der Waals surface area contributed by atoms with E-state index in [2.05, 4.69) is 43.4 Å². The highest BCUT2D eigenvalue weighted by atomic mass is 16.5. The van der Waals surface area contributed by atoms with Crippen LogP contribution in [0.3, 0.4) is 0 Å². The number of amides is 1. The summed E-state index contributed by atoms with van der Waals surface area (Å²) in [5, 5.41) is 3.97. The van der Waals surface area contributed by atoms with Crippen LogP contribution in [0.1, 0.15) is 43.0 Å². The summed E-state index contributed by atoms with van der Waals surface area (Å²) in [5.74, 6) is 0.390. The topological polar surface area (TPSA) is 50.7 Å². The number of carbonyl (C=O) groups excluding carboxylic acids is 1. The van der Waals surface area contributed by atoms with Gasteiger partial charge in [-0.1, -0.05) is 51.1 Å². The summed E-state index contributed by atoms with van der Waals surface area (Å²) in [4.78, 5) is 11.8. The minimum Gasteiger partial charge on any atom is -0.484 e. The summed E-state index contributed by atoms with van der Waals surface area (Å²) < 4.78 is 5.47. The van der Waals surface area contributed by atoms with Crippen LogP contribution in [0.5, 0.6) is 5.75 Å². The average molecular weight is 338 g/mol. The molecule has 0 aromatic heterocycles. The molecule has 2 aromatic rings. The fraction of sp³-hybridized carbons (Fsp3) is 0.333. The van der Waals surface area contributed by atoms with Crippen molar-refractivity contribution in [1.82, 2.24) is 5.43 Å². The molecule has 0 aliphatic heterocycles. The Kier molecular flexibility index (Phi) is 5.97. The van der Waals surface area contributed by atoms with Gasteiger partial charge in [-0.15, -0.1) is 0 Å². The number of hydrogen-bond donors (Lipinski definition) is 1. The number of aryl methyl sites for hydroxylation is 2. The van der Waals surface area contributed by atoms with E-state index >= 15 is 0 Å². The Morgan fingerprint density at radius 3 is 2.36 bits per heavy atom. The first-order valence-electron chi connectivity index (χ1n) is 8.38. The van der Waals surface area contributed by atoms with E-state index in [1.165, 1.54) is 11.1 Å². The van der Waals surface area contributed by atoms with E-state index in [0.29, 0.717) is 5.75 Å². The lowest BCUT2D eigenvalue weighted by Crippen LogP contribution is -2.24. The smallest absolute Gasteiger partial charge is 0.277 e. The lowest BCUT2D eigenvalue weighted by Gasteiger charge is -2.18. The van der Waals surface area contributed by atoms with E-state index in [1.807, 2.05) is 44.2 Å². The lowest BCUT2D eigenvalue weighted by atomic mass is 9.87. The summed E-state index contributed by atoms with van der Waals surface area (Å²) in [5.41, 5.74) is 7.12. The van der Waals surface area contributed by atoms with Crippen LogP contribution in [0.15, 0.2) is 47.6 Å². The van der Waals surface area contributed by atoms with Crippen molar-refractivity contribution in [3.63, 3.8) is 0 Å². The summed E-state index contributed by atoms with van der Waals surface area (Å²) in [6.45, 7) is 10.5. The Labute approximate surface area is 149 Å². The Hall–Kier alpha value is -2.62. The Bertz CT molecular complexity index is 756. The number of nitrogens with zero attached hydrogens (tertiary/aromatic N) is 1. The maximum Gasteiger partial charge on any atom is 0.277 e.